The van der Waals surface area contributed by atoms with Crippen LogP contribution in [0.25, 0.3) is 11.1 Å². The monoisotopic (exact) mass is 312 g/mol. The maximum absolute atomic E-state index is 11.6. The Balaban J connectivity index is 1.96. The molecular formula is C18H20N2O3. The molecule has 0 spiro atoms. The van der Waals surface area contributed by atoms with Gasteiger partial charge in [0.05, 0.1) is 0 Å². The van der Waals surface area contributed by atoms with Crippen molar-refractivity contribution >= 4 is 11.8 Å². The molecule has 0 radical (unpaired) electrons. The number of nitrogens with zero attached hydrogens (tertiary/aromatic N) is 1. The van der Waals surface area contributed by atoms with Crippen LogP contribution in [0.3, 0.4) is 0 Å². The predicted octanol–water partition coefficient (Wildman–Crippen LogP) is 4.78. The number of ether oxygens (including phenoxy) is 1. The standard InChI is InChI=1S/C18H20N2O3/c1-18(2,3)23-17(21)19-12-13-4-6-14(7-5-13)15-8-10-16(20-22)11-9-15/h4-11H,12H2,1-3H3,(H,19,21). The molecule has 2 rings (SSSR count). The largest absolute Gasteiger partial charge is 0.444 e. The van der Waals surface area contributed by atoms with Crippen LogP contribution in [0.5, 0.6) is 0 Å². The lowest BCUT2D eigenvalue weighted by molar-refractivity contribution is 0.0523. The van der Waals surface area contributed by atoms with E-state index in [2.05, 4.69) is 10.5 Å². The number of nitrogens with one attached hydrogen (secondary N) is 1. The van der Waals surface area contributed by atoms with Crippen molar-refractivity contribution in [3.05, 3.63) is 59.0 Å². The van der Waals surface area contributed by atoms with Crippen LogP contribution in [0.1, 0.15) is 26.3 Å². The molecule has 0 bridgehead atoms. The number of hydrogen-bond acceptors (Lipinski definition) is 4. The molecule has 2 aromatic rings. The minimum absolute atomic E-state index is 0.406. The highest BCUT2D eigenvalue weighted by Crippen LogP contribution is 2.22. The van der Waals surface area contributed by atoms with Crippen molar-refractivity contribution in [1.29, 1.82) is 0 Å². The average Bonchev–Trinajstić information content (AvgIpc) is 2.52. The van der Waals surface area contributed by atoms with E-state index < -0.39 is 11.7 Å². The zero-order valence-electron chi connectivity index (χ0n) is 13.5. The number of hydrogen-bond donors (Lipinski definition) is 1. The number of benzene rings is 2. The summed E-state index contributed by atoms with van der Waals surface area (Å²) >= 11 is 0. The van der Waals surface area contributed by atoms with Gasteiger partial charge in [0, 0.05) is 6.54 Å². The second kappa shape index (κ2) is 7.05. The van der Waals surface area contributed by atoms with Gasteiger partial charge in [-0.3, -0.25) is 0 Å². The molecule has 2 aromatic carbocycles. The maximum atomic E-state index is 11.6. The zero-order valence-corrected chi connectivity index (χ0v) is 13.5. The van der Waals surface area contributed by atoms with Crippen LogP contribution in [-0.4, -0.2) is 11.7 Å². The lowest BCUT2D eigenvalue weighted by Gasteiger charge is -2.19. The van der Waals surface area contributed by atoms with E-state index in [1.165, 1.54) is 0 Å². The Morgan fingerprint density at radius 3 is 2.00 bits per heavy atom. The van der Waals surface area contributed by atoms with Gasteiger partial charge in [0.25, 0.3) is 0 Å². The molecule has 0 aromatic heterocycles. The third-order valence-corrected chi connectivity index (χ3v) is 3.10. The van der Waals surface area contributed by atoms with E-state index in [1.807, 2.05) is 57.2 Å². The van der Waals surface area contributed by atoms with Crippen molar-refractivity contribution in [2.24, 2.45) is 5.18 Å². The summed E-state index contributed by atoms with van der Waals surface area (Å²) in [5, 5.41) is 5.60. The van der Waals surface area contributed by atoms with Crippen molar-refractivity contribution in [1.82, 2.24) is 5.32 Å². The van der Waals surface area contributed by atoms with Crippen molar-refractivity contribution < 1.29 is 9.53 Å². The Bertz CT molecular complexity index is 671. The molecule has 0 atom stereocenters. The second-order valence-electron chi connectivity index (χ2n) is 6.19. The molecule has 0 aliphatic heterocycles. The molecule has 0 saturated carbocycles. The van der Waals surface area contributed by atoms with E-state index in [4.69, 9.17) is 4.74 Å². The number of alkyl carbamates (subject to hydrolysis) is 1. The minimum atomic E-state index is -0.503. The Hall–Kier alpha value is -2.69. The van der Waals surface area contributed by atoms with E-state index >= 15 is 0 Å². The molecule has 120 valence electrons. The summed E-state index contributed by atoms with van der Waals surface area (Å²) in [6, 6.07) is 14.9. The SMILES string of the molecule is CC(C)(C)OC(=O)NCc1ccc(-c2ccc(N=O)cc2)cc1. The molecular weight excluding hydrogens is 292 g/mol. The topological polar surface area (TPSA) is 67.8 Å². The van der Waals surface area contributed by atoms with Gasteiger partial charge in [-0.1, -0.05) is 36.4 Å². The summed E-state index contributed by atoms with van der Waals surface area (Å²) in [5.74, 6) is 0. The Kier molecular flexibility index (Phi) is 5.11. The molecule has 0 heterocycles. The van der Waals surface area contributed by atoms with Crippen LogP contribution >= 0.6 is 0 Å². The predicted molar refractivity (Wildman–Crippen MR) is 90.4 cm³/mol. The highest BCUT2D eigenvalue weighted by atomic mass is 16.6. The van der Waals surface area contributed by atoms with Crippen LogP contribution in [0, 0.1) is 4.91 Å². The van der Waals surface area contributed by atoms with Gasteiger partial charge in [0.15, 0.2) is 0 Å². The van der Waals surface area contributed by atoms with Gasteiger partial charge >= 0.3 is 6.09 Å². The fourth-order valence-corrected chi connectivity index (χ4v) is 2.02. The molecule has 0 unspecified atom stereocenters. The Morgan fingerprint density at radius 1 is 1.00 bits per heavy atom. The molecule has 0 aliphatic carbocycles. The van der Waals surface area contributed by atoms with E-state index in [-0.39, 0.29) is 0 Å². The van der Waals surface area contributed by atoms with Crippen LogP contribution in [-0.2, 0) is 11.3 Å². The molecule has 23 heavy (non-hydrogen) atoms. The molecule has 5 nitrogen and oxygen atoms in total. The van der Waals surface area contributed by atoms with Crippen LogP contribution in [0.4, 0.5) is 10.5 Å². The highest BCUT2D eigenvalue weighted by Gasteiger charge is 2.15. The van der Waals surface area contributed by atoms with E-state index in [0.717, 1.165) is 16.7 Å². The van der Waals surface area contributed by atoms with Gasteiger partial charge < -0.3 is 10.1 Å². The Morgan fingerprint density at radius 2 is 1.52 bits per heavy atom. The first-order valence-electron chi connectivity index (χ1n) is 7.37. The number of amides is 1. The number of carbonyl (C=O) groups excluding carboxylic acids is 1. The van der Waals surface area contributed by atoms with E-state index in [1.54, 1.807) is 12.1 Å². The molecule has 5 heteroatoms. The Labute approximate surface area is 135 Å². The first kappa shape index (κ1) is 16.7. The van der Waals surface area contributed by atoms with Gasteiger partial charge in [0.2, 0.25) is 0 Å². The van der Waals surface area contributed by atoms with E-state index in [0.29, 0.717) is 12.2 Å². The number of rotatable bonds is 4. The van der Waals surface area contributed by atoms with E-state index in [9.17, 15) is 9.70 Å². The third-order valence-electron chi connectivity index (χ3n) is 3.10. The molecule has 1 amide bonds. The van der Waals surface area contributed by atoms with Gasteiger partial charge in [0.1, 0.15) is 11.3 Å². The van der Waals surface area contributed by atoms with Crippen molar-refractivity contribution in [3.8, 4) is 11.1 Å². The van der Waals surface area contributed by atoms with Gasteiger partial charge in [-0.2, -0.15) is 0 Å². The maximum Gasteiger partial charge on any atom is 0.407 e. The first-order valence-corrected chi connectivity index (χ1v) is 7.37. The van der Waals surface area contributed by atoms with Gasteiger partial charge in [-0.15, -0.1) is 4.91 Å². The fraction of sp³-hybridized carbons (Fsp3) is 0.278. The van der Waals surface area contributed by atoms with Crippen molar-refractivity contribution in [3.63, 3.8) is 0 Å². The fourth-order valence-electron chi connectivity index (χ4n) is 2.02. The molecule has 0 aliphatic rings. The summed E-state index contributed by atoms with van der Waals surface area (Å²) in [6.45, 7) is 5.88. The smallest absolute Gasteiger partial charge is 0.407 e. The average molecular weight is 312 g/mol. The summed E-state index contributed by atoms with van der Waals surface area (Å²) in [7, 11) is 0. The lowest BCUT2D eigenvalue weighted by atomic mass is 10.0. The second-order valence-corrected chi connectivity index (χ2v) is 6.19. The molecule has 1 N–H and O–H groups in total. The summed E-state index contributed by atoms with van der Waals surface area (Å²) in [4.78, 5) is 22.0. The van der Waals surface area contributed by atoms with Crippen LogP contribution in [0.2, 0.25) is 0 Å². The highest BCUT2D eigenvalue weighted by molar-refractivity contribution is 5.68. The summed E-state index contributed by atoms with van der Waals surface area (Å²) in [5.41, 5.74) is 2.92. The van der Waals surface area contributed by atoms with Gasteiger partial charge in [-0.05, 0) is 54.8 Å². The summed E-state index contributed by atoms with van der Waals surface area (Å²) in [6.07, 6.45) is -0.432. The molecule has 0 saturated heterocycles. The number of carbonyl (C=O) groups is 1. The van der Waals surface area contributed by atoms with Crippen LogP contribution in [0.15, 0.2) is 53.7 Å². The lowest BCUT2D eigenvalue weighted by Crippen LogP contribution is -2.32. The molecule has 0 fully saturated rings. The van der Waals surface area contributed by atoms with Crippen molar-refractivity contribution in [2.75, 3.05) is 0 Å². The normalized spacial score (nSPS) is 10.9. The zero-order chi connectivity index (χ0) is 16.9. The van der Waals surface area contributed by atoms with Crippen LogP contribution < -0.4 is 5.32 Å². The summed E-state index contributed by atoms with van der Waals surface area (Å²) < 4.78 is 5.19. The third kappa shape index (κ3) is 5.21. The quantitative estimate of drug-likeness (QED) is 0.826. The first-order chi connectivity index (χ1) is 10.9. The van der Waals surface area contributed by atoms with Crippen molar-refractivity contribution in [2.45, 2.75) is 32.9 Å². The van der Waals surface area contributed by atoms with Gasteiger partial charge in [-0.25, -0.2) is 4.79 Å². The number of nitroso groups, excluding NO2 is 1. The minimum Gasteiger partial charge on any atom is -0.444 e.